The second-order valence-electron chi connectivity index (χ2n) is 6.07. The van der Waals surface area contributed by atoms with E-state index < -0.39 is 18.0 Å². The van der Waals surface area contributed by atoms with Gasteiger partial charge in [-0.2, -0.15) is 0 Å². The van der Waals surface area contributed by atoms with E-state index in [4.69, 9.17) is 0 Å². The Kier molecular flexibility index (Phi) is 5.00. The Bertz CT molecular complexity index is 874. The summed E-state index contributed by atoms with van der Waals surface area (Å²) in [5.41, 5.74) is 2.59. The molecule has 3 aromatic rings. The average Bonchev–Trinajstić information content (AvgIpc) is 2.66. The van der Waals surface area contributed by atoms with Crippen LogP contribution in [0, 0.1) is 5.92 Å². The van der Waals surface area contributed by atoms with Crippen LogP contribution in [0.15, 0.2) is 66.7 Å². The van der Waals surface area contributed by atoms with Gasteiger partial charge >= 0.3 is 5.97 Å². The first-order chi connectivity index (χ1) is 12.1. The molecular weight excluding hydrogens is 314 g/mol. The second kappa shape index (κ2) is 7.36. The van der Waals surface area contributed by atoms with E-state index in [0.29, 0.717) is 5.56 Å². The van der Waals surface area contributed by atoms with Gasteiger partial charge in [-0.25, -0.2) is 0 Å². The minimum absolute atomic E-state index is 0.425. The van der Waals surface area contributed by atoms with Gasteiger partial charge in [0.05, 0.1) is 19.1 Å². The smallest absolute Gasteiger partial charge is 0.311 e. The highest BCUT2D eigenvalue weighted by atomic mass is 16.5. The fourth-order valence-electron chi connectivity index (χ4n) is 2.80. The molecule has 3 rings (SSSR count). The van der Waals surface area contributed by atoms with Gasteiger partial charge in [0.2, 0.25) is 0 Å². The summed E-state index contributed by atoms with van der Waals surface area (Å²) in [5, 5.41) is 16.0. The predicted octanol–water partition coefficient (Wildman–Crippen LogP) is 4.43. The van der Waals surface area contributed by atoms with Crippen LogP contribution >= 0.6 is 0 Å². The van der Waals surface area contributed by atoms with E-state index in [2.05, 4.69) is 34.3 Å². The number of methoxy groups -OCH3 is 1. The molecule has 0 aliphatic rings. The first kappa shape index (κ1) is 17.0. The SMILES string of the molecule is COC(=O)[C@@H](C)[C@@H](O)c1ccc(Nc2ccc3ccccc3c2)cc1. The van der Waals surface area contributed by atoms with Crippen LogP contribution in [0.3, 0.4) is 0 Å². The van der Waals surface area contributed by atoms with Gasteiger partial charge in [0.1, 0.15) is 0 Å². The van der Waals surface area contributed by atoms with Crippen molar-refractivity contribution < 1.29 is 14.6 Å². The van der Waals surface area contributed by atoms with E-state index in [1.807, 2.05) is 42.5 Å². The van der Waals surface area contributed by atoms with Gasteiger partial charge < -0.3 is 15.2 Å². The van der Waals surface area contributed by atoms with E-state index in [9.17, 15) is 9.90 Å². The maximum absolute atomic E-state index is 11.5. The molecule has 0 heterocycles. The Morgan fingerprint density at radius 3 is 2.28 bits per heavy atom. The molecule has 2 N–H and O–H groups in total. The highest BCUT2D eigenvalue weighted by molar-refractivity contribution is 5.86. The number of benzene rings is 3. The summed E-state index contributed by atoms with van der Waals surface area (Å²) in [6.45, 7) is 1.65. The van der Waals surface area contributed by atoms with Gasteiger partial charge in [-0.15, -0.1) is 0 Å². The third-order valence-electron chi connectivity index (χ3n) is 4.34. The highest BCUT2D eigenvalue weighted by Gasteiger charge is 2.24. The number of aliphatic hydroxyl groups is 1. The molecule has 0 bridgehead atoms. The fraction of sp³-hybridized carbons (Fsp3) is 0.190. The molecule has 0 radical (unpaired) electrons. The third kappa shape index (κ3) is 3.80. The molecule has 0 amide bonds. The van der Waals surface area contributed by atoms with Crippen LogP contribution in [-0.4, -0.2) is 18.2 Å². The molecule has 0 spiro atoms. The predicted molar refractivity (Wildman–Crippen MR) is 99.8 cm³/mol. The molecule has 128 valence electrons. The minimum atomic E-state index is -0.887. The van der Waals surface area contributed by atoms with Crippen molar-refractivity contribution in [1.82, 2.24) is 0 Å². The average molecular weight is 335 g/mol. The first-order valence-corrected chi connectivity index (χ1v) is 8.20. The molecule has 3 aromatic carbocycles. The number of fused-ring (bicyclic) bond motifs is 1. The lowest BCUT2D eigenvalue weighted by Gasteiger charge is -2.17. The number of nitrogens with one attached hydrogen (secondary N) is 1. The number of aliphatic hydroxyl groups excluding tert-OH is 1. The zero-order valence-electron chi connectivity index (χ0n) is 14.3. The molecule has 0 unspecified atom stereocenters. The number of hydrogen-bond acceptors (Lipinski definition) is 4. The van der Waals surface area contributed by atoms with Crippen molar-refractivity contribution in [3.05, 3.63) is 72.3 Å². The Labute approximate surface area is 147 Å². The number of carbonyl (C=O) groups is 1. The van der Waals surface area contributed by atoms with Gasteiger partial charge in [0.25, 0.3) is 0 Å². The summed E-state index contributed by atoms with van der Waals surface area (Å²) < 4.78 is 4.68. The van der Waals surface area contributed by atoms with E-state index in [-0.39, 0.29) is 0 Å². The lowest BCUT2D eigenvalue weighted by atomic mass is 9.97. The molecule has 0 saturated heterocycles. The standard InChI is InChI=1S/C21H21NO3/c1-14(21(24)25-2)20(23)16-8-10-18(11-9-16)22-19-12-7-15-5-3-4-6-17(15)13-19/h3-14,20,22-23H,1-2H3/t14-,20+/m0/s1. The number of esters is 1. The van der Waals surface area contributed by atoms with Crippen molar-refractivity contribution in [2.45, 2.75) is 13.0 Å². The topological polar surface area (TPSA) is 58.6 Å². The normalized spacial score (nSPS) is 13.2. The van der Waals surface area contributed by atoms with Gasteiger partial charge in [0.15, 0.2) is 0 Å². The second-order valence-corrected chi connectivity index (χ2v) is 6.07. The van der Waals surface area contributed by atoms with Gasteiger partial charge in [-0.05, 0) is 47.5 Å². The van der Waals surface area contributed by atoms with Gasteiger partial charge in [0, 0.05) is 11.4 Å². The number of ether oxygens (including phenoxy) is 1. The van der Waals surface area contributed by atoms with Crippen LogP contribution in [0.2, 0.25) is 0 Å². The van der Waals surface area contributed by atoms with Crippen LogP contribution in [0.5, 0.6) is 0 Å². The summed E-state index contributed by atoms with van der Waals surface area (Å²) >= 11 is 0. The minimum Gasteiger partial charge on any atom is -0.469 e. The van der Waals surface area contributed by atoms with Gasteiger partial charge in [-0.1, -0.05) is 42.5 Å². The van der Waals surface area contributed by atoms with E-state index >= 15 is 0 Å². The first-order valence-electron chi connectivity index (χ1n) is 8.20. The molecule has 0 aliphatic heterocycles. The van der Waals surface area contributed by atoms with Crippen molar-refractivity contribution in [2.75, 3.05) is 12.4 Å². The summed E-state index contributed by atoms with van der Waals surface area (Å²) in [7, 11) is 1.32. The summed E-state index contributed by atoms with van der Waals surface area (Å²) in [5.74, 6) is -1.03. The molecule has 2 atom stereocenters. The van der Waals surface area contributed by atoms with Crippen molar-refractivity contribution in [1.29, 1.82) is 0 Å². The van der Waals surface area contributed by atoms with Crippen LogP contribution < -0.4 is 5.32 Å². The quantitative estimate of drug-likeness (QED) is 0.677. The maximum Gasteiger partial charge on any atom is 0.311 e. The number of hydrogen-bond donors (Lipinski definition) is 2. The third-order valence-corrected chi connectivity index (χ3v) is 4.34. The lowest BCUT2D eigenvalue weighted by Crippen LogP contribution is -2.20. The molecule has 0 saturated carbocycles. The molecule has 4 heteroatoms. The Morgan fingerprint density at radius 2 is 1.60 bits per heavy atom. The zero-order chi connectivity index (χ0) is 17.8. The Morgan fingerprint density at radius 1 is 0.960 bits per heavy atom. The van der Waals surface area contributed by atoms with E-state index in [1.54, 1.807) is 6.92 Å². The van der Waals surface area contributed by atoms with E-state index in [1.165, 1.54) is 17.9 Å². The van der Waals surface area contributed by atoms with Gasteiger partial charge in [-0.3, -0.25) is 4.79 Å². The summed E-state index contributed by atoms with van der Waals surface area (Å²) in [4.78, 5) is 11.5. The number of rotatable bonds is 5. The van der Waals surface area contributed by atoms with Crippen molar-refractivity contribution in [2.24, 2.45) is 5.92 Å². The molecule has 25 heavy (non-hydrogen) atoms. The van der Waals surface area contributed by atoms with Crippen molar-refractivity contribution >= 4 is 28.1 Å². The van der Waals surface area contributed by atoms with Crippen LogP contribution in [-0.2, 0) is 9.53 Å². The molecule has 0 aliphatic carbocycles. The van der Waals surface area contributed by atoms with Crippen molar-refractivity contribution in [3.63, 3.8) is 0 Å². The van der Waals surface area contributed by atoms with E-state index in [0.717, 1.165) is 11.4 Å². The molecular formula is C21H21NO3. The number of carbonyl (C=O) groups excluding carboxylic acids is 1. The van der Waals surface area contributed by atoms with Crippen LogP contribution in [0.25, 0.3) is 10.8 Å². The Balaban J connectivity index is 1.74. The maximum atomic E-state index is 11.5. The fourth-order valence-corrected chi connectivity index (χ4v) is 2.80. The zero-order valence-corrected chi connectivity index (χ0v) is 14.3. The monoisotopic (exact) mass is 335 g/mol. The largest absolute Gasteiger partial charge is 0.469 e. The molecule has 4 nitrogen and oxygen atoms in total. The van der Waals surface area contributed by atoms with Crippen LogP contribution in [0.4, 0.5) is 11.4 Å². The summed E-state index contributed by atoms with van der Waals surface area (Å²) in [6.07, 6.45) is -0.887. The Hall–Kier alpha value is -2.85. The molecule has 0 fully saturated rings. The highest BCUT2D eigenvalue weighted by Crippen LogP contribution is 2.26. The van der Waals surface area contributed by atoms with Crippen molar-refractivity contribution in [3.8, 4) is 0 Å². The summed E-state index contributed by atoms with van der Waals surface area (Å²) in [6, 6.07) is 21.8. The number of anilines is 2. The lowest BCUT2D eigenvalue weighted by molar-refractivity contribution is -0.148. The molecule has 0 aromatic heterocycles. The van der Waals surface area contributed by atoms with Crippen LogP contribution in [0.1, 0.15) is 18.6 Å².